The molecule has 1 rings (SSSR count). The van der Waals surface area contributed by atoms with Gasteiger partial charge in [0.15, 0.2) is 0 Å². The molecule has 0 fully saturated rings. The van der Waals surface area contributed by atoms with Crippen LogP contribution in [-0.4, -0.2) is 0 Å². The van der Waals surface area contributed by atoms with Gasteiger partial charge in [-0.05, 0) is 24.6 Å². The zero-order valence-corrected chi connectivity index (χ0v) is 6.20. The molecule has 0 bridgehead atoms. The Morgan fingerprint density at radius 2 is 2.00 bits per heavy atom. The lowest BCUT2D eigenvalue weighted by molar-refractivity contribution is 0.581. The van der Waals surface area contributed by atoms with Gasteiger partial charge in [0.2, 0.25) is 0 Å². The van der Waals surface area contributed by atoms with E-state index in [2.05, 4.69) is 6.58 Å². The van der Waals surface area contributed by atoms with Crippen molar-refractivity contribution in [3.8, 4) is 0 Å². The van der Waals surface area contributed by atoms with E-state index >= 15 is 0 Å². The van der Waals surface area contributed by atoms with Gasteiger partial charge in [-0.2, -0.15) is 0 Å². The molecule has 0 aliphatic carbocycles. The minimum Gasteiger partial charge on any atom is -0.207 e. The van der Waals surface area contributed by atoms with Crippen LogP contribution in [0, 0.1) is 11.6 Å². The highest BCUT2D eigenvalue weighted by Gasteiger charge is 2.02. The van der Waals surface area contributed by atoms with Crippen LogP contribution < -0.4 is 0 Å². The Balaban J connectivity index is 3.20. The molecule has 0 unspecified atom stereocenters. The van der Waals surface area contributed by atoms with Gasteiger partial charge in [0.1, 0.15) is 11.6 Å². The van der Waals surface area contributed by atoms with Crippen LogP contribution in [0.3, 0.4) is 0 Å². The lowest BCUT2D eigenvalue weighted by atomic mass is 10.1. The summed E-state index contributed by atoms with van der Waals surface area (Å²) in [6.07, 6.45) is 0. The molecular formula is C9H8F2. The monoisotopic (exact) mass is 154 g/mol. The predicted octanol–water partition coefficient (Wildman–Crippen LogP) is 3.00. The number of hydrogen-bond acceptors (Lipinski definition) is 0. The van der Waals surface area contributed by atoms with E-state index in [1.165, 1.54) is 12.1 Å². The summed E-state index contributed by atoms with van der Waals surface area (Å²) < 4.78 is 25.1. The second kappa shape index (κ2) is 2.82. The van der Waals surface area contributed by atoms with Gasteiger partial charge in [0.05, 0.1) is 0 Å². The van der Waals surface area contributed by atoms with Crippen LogP contribution in [0.5, 0.6) is 0 Å². The Kier molecular flexibility index (Phi) is 2.03. The summed E-state index contributed by atoms with van der Waals surface area (Å²) in [6.45, 7) is 5.23. The summed E-state index contributed by atoms with van der Waals surface area (Å²) in [5, 5.41) is 0. The van der Waals surface area contributed by atoms with Crippen molar-refractivity contribution >= 4 is 5.57 Å². The van der Waals surface area contributed by atoms with Gasteiger partial charge in [-0.1, -0.05) is 6.58 Å². The third-order valence-electron chi connectivity index (χ3n) is 1.39. The van der Waals surface area contributed by atoms with E-state index in [9.17, 15) is 8.78 Å². The predicted molar refractivity (Wildman–Crippen MR) is 41.1 cm³/mol. The minimum atomic E-state index is -0.562. The molecule has 0 aromatic heterocycles. The minimum absolute atomic E-state index is 0.367. The fourth-order valence-corrected chi connectivity index (χ4v) is 0.836. The maximum atomic E-state index is 12.8. The van der Waals surface area contributed by atoms with Gasteiger partial charge >= 0.3 is 0 Å². The maximum absolute atomic E-state index is 12.8. The Hall–Kier alpha value is -1.18. The van der Waals surface area contributed by atoms with Crippen LogP contribution in [0.4, 0.5) is 8.78 Å². The number of rotatable bonds is 1. The van der Waals surface area contributed by atoms with E-state index in [0.29, 0.717) is 11.1 Å². The molecule has 0 nitrogen and oxygen atoms in total. The first-order valence-electron chi connectivity index (χ1n) is 3.22. The molecule has 58 valence electrons. The molecule has 1 aromatic carbocycles. The van der Waals surface area contributed by atoms with Crippen molar-refractivity contribution in [3.05, 3.63) is 42.0 Å². The Morgan fingerprint density at radius 3 is 2.45 bits per heavy atom. The highest BCUT2D eigenvalue weighted by Crippen LogP contribution is 2.16. The molecule has 0 aliphatic heterocycles. The molecule has 11 heavy (non-hydrogen) atoms. The average Bonchev–Trinajstić information content (AvgIpc) is 1.85. The molecule has 0 atom stereocenters. The van der Waals surface area contributed by atoms with Crippen LogP contribution in [0.1, 0.15) is 12.5 Å². The van der Waals surface area contributed by atoms with Crippen LogP contribution in [-0.2, 0) is 0 Å². The zero-order chi connectivity index (χ0) is 8.43. The van der Waals surface area contributed by atoms with Gasteiger partial charge in [-0.15, -0.1) is 0 Å². The van der Waals surface area contributed by atoms with Gasteiger partial charge in [0.25, 0.3) is 0 Å². The van der Waals surface area contributed by atoms with Crippen molar-refractivity contribution in [1.82, 2.24) is 0 Å². The largest absolute Gasteiger partial charge is 0.207 e. The summed E-state index contributed by atoms with van der Waals surface area (Å²) in [7, 11) is 0. The van der Waals surface area contributed by atoms with Gasteiger partial charge < -0.3 is 0 Å². The van der Waals surface area contributed by atoms with Gasteiger partial charge in [-0.25, -0.2) is 8.78 Å². The maximum Gasteiger partial charge on any atom is 0.133 e. The third kappa shape index (κ3) is 1.64. The first kappa shape index (κ1) is 7.92. The van der Waals surface area contributed by atoms with Gasteiger partial charge in [-0.3, -0.25) is 0 Å². The Labute approximate surface area is 64.2 Å². The summed E-state index contributed by atoms with van der Waals surface area (Å²) in [6, 6.07) is 3.45. The standard InChI is InChI=1S/C9H8F2/c1-6(2)8-4-3-7(10)5-9(8)11/h3-5H,1H2,2H3. The molecular weight excluding hydrogens is 146 g/mol. The highest BCUT2D eigenvalue weighted by atomic mass is 19.1. The van der Waals surface area contributed by atoms with E-state index in [1.54, 1.807) is 6.92 Å². The first-order valence-corrected chi connectivity index (χ1v) is 3.22. The number of halogens is 2. The lowest BCUT2D eigenvalue weighted by Gasteiger charge is -2.00. The lowest BCUT2D eigenvalue weighted by Crippen LogP contribution is -1.86. The molecule has 0 aliphatic rings. The number of benzene rings is 1. The van der Waals surface area contributed by atoms with Crippen molar-refractivity contribution in [2.45, 2.75) is 6.92 Å². The van der Waals surface area contributed by atoms with Crippen molar-refractivity contribution in [3.63, 3.8) is 0 Å². The molecule has 1 aromatic rings. The molecule has 0 saturated carbocycles. The van der Waals surface area contributed by atoms with Crippen LogP contribution >= 0.6 is 0 Å². The summed E-state index contributed by atoms with van der Waals surface area (Å²) >= 11 is 0. The normalized spacial score (nSPS) is 9.73. The smallest absolute Gasteiger partial charge is 0.133 e. The summed E-state index contributed by atoms with van der Waals surface area (Å²) in [5.74, 6) is -1.12. The molecule has 0 spiro atoms. The SMILES string of the molecule is C=C(C)c1ccc(F)cc1F. The third-order valence-corrected chi connectivity index (χ3v) is 1.39. The molecule has 0 N–H and O–H groups in total. The quantitative estimate of drug-likeness (QED) is 0.583. The second-order valence-corrected chi connectivity index (χ2v) is 2.40. The van der Waals surface area contributed by atoms with Crippen molar-refractivity contribution in [1.29, 1.82) is 0 Å². The number of allylic oxidation sites excluding steroid dienone is 1. The Bertz CT molecular complexity index is 290. The van der Waals surface area contributed by atoms with Crippen LogP contribution in [0.2, 0.25) is 0 Å². The molecule has 2 heteroatoms. The van der Waals surface area contributed by atoms with E-state index < -0.39 is 11.6 Å². The zero-order valence-electron chi connectivity index (χ0n) is 6.20. The van der Waals surface area contributed by atoms with Crippen molar-refractivity contribution < 1.29 is 8.78 Å². The van der Waals surface area contributed by atoms with E-state index in [-0.39, 0.29) is 0 Å². The first-order chi connectivity index (χ1) is 5.11. The van der Waals surface area contributed by atoms with Crippen LogP contribution in [0.25, 0.3) is 5.57 Å². The van der Waals surface area contributed by atoms with Crippen LogP contribution in [0.15, 0.2) is 24.8 Å². The van der Waals surface area contributed by atoms with Crippen molar-refractivity contribution in [2.75, 3.05) is 0 Å². The Morgan fingerprint density at radius 1 is 1.36 bits per heavy atom. The second-order valence-electron chi connectivity index (χ2n) is 2.40. The molecule has 0 heterocycles. The van der Waals surface area contributed by atoms with E-state index in [4.69, 9.17) is 0 Å². The topological polar surface area (TPSA) is 0 Å². The molecule has 0 saturated heterocycles. The molecule has 0 radical (unpaired) electrons. The summed E-state index contributed by atoms with van der Waals surface area (Å²) in [4.78, 5) is 0. The average molecular weight is 154 g/mol. The van der Waals surface area contributed by atoms with Gasteiger partial charge in [0, 0.05) is 11.6 Å². The molecule has 0 amide bonds. The van der Waals surface area contributed by atoms with E-state index in [1.807, 2.05) is 0 Å². The van der Waals surface area contributed by atoms with Crippen molar-refractivity contribution in [2.24, 2.45) is 0 Å². The highest BCUT2D eigenvalue weighted by molar-refractivity contribution is 5.61. The summed E-state index contributed by atoms with van der Waals surface area (Å²) in [5.41, 5.74) is 0.967. The number of hydrogen-bond donors (Lipinski definition) is 0. The fourth-order valence-electron chi connectivity index (χ4n) is 0.836. The fraction of sp³-hybridized carbons (Fsp3) is 0.111. The van der Waals surface area contributed by atoms with E-state index in [0.717, 1.165) is 6.07 Å².